The third-order valence-corrected chi connectivity index (χ3v) is 3.80. The van der Waals surface area contributed by atoms with Crippen molar-refractivity contribution in [3.8, 4) is 11.5 Å². The van der Waals surface area contributed by atoms with Crippen molar-refractivity contribution < 1.29 is 27.4 Å². The highest BCUT2D eigenvalue weighted by Gasteiger charge is 2.30. The number of amides is 1. The van der Waals surface area contributed by atoms with E-state index in [4.69, 9.17) is 9.47 Å². The molecule has 0 aliphatic carbocycles. The quantitative estimate of drug-likeness (QED) is 0.668. The summed E-state index contributed by atoms with van der Waals surface area (Å²) in [4.78, 5) is 16.1. The highest BCUT2D eigenvalue weighted by atomic mass is 19.4. The number of carbonyl (C=O) groups excluding carboxylic acids is 1. The van der Waals surface area contributed by atoms with Crippen molar-refractivity contribution in [2.45, 2.75) is 19.6 Å². The van der Waals surface area contributed by atoms with Crippen LogP contribution in [0.2, 0.25) is 0 Å². The molecule has 1 N–H and O–H groups in total. The lowest BCUT2D eigenvalue weighted by molar-refractivity contribution is -0.137. The van der Waals surface area contributed by atoms with Crippen molar-refractivity contribution >= 4 is 11.6 Å². The topological polar surface area (TPSA) is 64.9 Å². The van der Waals surface area contributed by atoms with Crippen molar-refractivity contribution in [3.63, 3.8) is 0 Å². The number of carbonyl (C=O) groups is 1. The Bertz CT molecular complexity index is 952. The lowest BCUT2D eigenvalue weighted by Gasteiger charge is -2.08. The van der Waals surface area contributed by atoms with E-state index in [0.29, 0.717) is 29.4 Å². The summed E-state index contributed by atoms with van der Waals surface area (Å²) in [7, 11) is 0. The lowest BCUT2D eigenvalue weighted by atomic mass is 10.3. The molecular formula is C19H18F3N3O3. The predicted molar refractivity (Wildman–Crippen MR) is 95.1 cm³/mol. The molecule has 6 nitrogen and oxygen atoms in total. The largest absolute Gasteiger partial charge is 0.494 e. The standard InChI is InChI=1S/C19H18F3N3O3/c1-2-27-15-4-6-16(7-5-15)28-12-18(26)23-9-14-11-25-10-13(19(20,21)22)3-8-17(25)24-14/h3-8,10-11H,2,9,12H2,1H3,(H,23,26). The Kier molecular flexibility index (Phi) is 5.72. The van der Waals surface area contributed by atoms with Gasteiger partial charge in [0.05, 0.1) is 24.4 Å². The normalized spacial score (nSPS) is 11.4. The van der Waals surface area contributed by atoms with Crippen LogP contribution in [-0.4, -0.2) is 28.5 Å². The monoisotopic (exact) mass is 393 g/mol. The summed E-state index contributed by atoms with van der Waals surface area (Å²) in [6.07, 6.45) is -2.02. The van der Waals surface area contributed by atoms with Gasteiger partial charge in [0.15, 0.2) is 6.61 Å². The summed E-state index contributed by atoms with van der Waals surface area (Å²) in [6.45, 7) is 2.32. The number of ether oxygens (including phenoxy) is 2. The molecule has 0 unspecified atom stereocenters. The summed E-state index contributed by atoms with van der Waals surface area (Å²) in [5.41, 5.74) is 0.0355. The molecular weight excluding hydrogens is 375 g/mol. The van der Waals surface area contributed by atoms with Crippen molar-refractivity contribution in [1.82, 2.24) is 14.7 Å². The number of rotatable bonds is 7. The van der Waals surface area contributed by atoms with Crippen molar-refractivity contribution in [2.75, 3.05) is 13.2 Å². The highest BCUT2D eigenvalue weighted by Crippen LogP contribution is 2.29. The number of imidazole rings is 1. The van der Waals surface area contributed by atoms with Crippen LogP contribution < -0.4 is 14.8 Å². The molecule has 3 rings (SSSR count). The Morgan fingerprint density at radius 3 is 2.39 bits per heavy atom. The number of benzene rings is 1. The summed E-state index contributed by atoms with van der Waals surface area (Å²) in [5.74, 6) is 0.854. The first-order valence-corrected chi connectivity index (χ1v) is 8.52. The average molecular weight is 393 g/mol. The maximum atomic E-state index is 12.8. The number of hydrogen-bond donors (Lipinski definition) is 1. The number of pyridine rings is 1. The molecule has 1 amide bonds. The van der Waals surface area contributed by atoms with Crippen LogP contribution >= 0.6 is 0 Å². The fraction of sp³-hybridized carbons (Fsp3) is 0.263. The van der Waals surface area contributed by atoms with Gasteiger partial charge in [0.2, 0.25) is 0 Å². The predicted octanol–water partition coefficient (Wildman–Crippen LogP) is 3.45. The highest BCUT2D eigenvalue weighted by molar-refractivity contribution is 5.77. The van der Waals surface area contributed by atoms with E-state index in [1.165, 1.54) is 16.7 Å². The first kappa shape index (κ1) is 19.5. The van der Waals surface area contributed by atoms with Crippen molar-refractivity contribution in [3.05, 3.63) is 60.0 Å². The smallest absolute Gasteiger partial charge is 0.417 e. The molecule has 2 heterocycles. The zero-order valence-corrected chi connectivity index (χ0v) is 15.0. The van der Waals surface area contributed by atoms with E-state index in [0.717, 1.165) is 12.3 Å². The zero-order valence-electron chi connectivity index (χ0n) is 15.0. The van der Waals surface area contributed by atoms with Gasteiger partial charge < -0.3 is 19.2 Å². The van der Waals surface area contributed by atoms with Crippen LogP contribution in [0, 0.1) is 0 Å². The Morgan fingerprint density at radius 1 is 1.07 bits per heavy atom. The number of fused-ring (bicyclic) bond motifs is 1. The van der Waals surface area contributed by atoms with E-state index >= 15 is 0 Å². The summed E-state index contributed by atoms with van der Waals surface area (Å²) >= 11 is 0. The molecule has 0 fully saturated rings. The van der Waals surface area contributed by atoms with Gasteiger partial charge in [-0.15, -0.1) is 0 Å². The third kappa shape index (κ3) is 4.93. The van der Waals surface area contributed by atoms with Crippen LogP contribution in [0.1, 0.15) is 18.2 Å². The molecule has 148 valence electrons. The molecule has 0 saturated heterocycles. The van der Waals surface area contributed by atoms with Gasteiger partial charge in [0.1, 0.15) is 17.1 Å². The van der Waals surface area contributed by atoms with Crippen LogP contribution in [0.25, 0.3) is 5.65 Å². The SMILES string of the molecule is CCOc1ccc(OCC(=O)NCc2cn3cc(C(F)(F)F)ccc3n2)cc1. The molecule has 0 atom stereocenters. The van der Waals surface area contributed by atoms with Gasteiger partial charge in [-0.3, -0.25) is 4.79 Å². The molecule has 2 aromatic heterocycles. The fourth-order valence-electron chi connectivity index (χ4n) is 2.49. The molecule has 0 radical (unpaired) electrons. The van der Waals surface area contributed by atoms with Gasteiger partial charge >= 0.3 is 6.18 Å². The Balaban J connectivity index is 1.52. The van der Waals surface area contributed by atoms with E-state index in [-0.39, 0.29) is 19.1 Å². The summed E-state index contributed by atoms with van der Waals surface area (Å²) < 4.78 is 50.2. The number of nitrogens with zero attached hydrogens (tertiary/aromatic N) is 2. The van der Waals surface area contributed by atoms with Gasteiger partial charge in [0, 0.05) is 12.4 Å². The number of aromatic nitrogens is 2. The lowest BCUT2D eigenvalue weighted by Crippen LogP contribution is -2.28. The zero-order chi connectivity index (χ0) is 20.1. The van der Waals surface area contributed by atoms with Gasteiger partial charge in [0.25, 0.3) is 5.91 Å². The molecule has 0 spiro atoms. The van der Waals surface area contributed by atoms with Crippen LogP contribution in [0.3, 0.4) is 0 Å². The number of alkyl halides is 3. The second-order valence-electron chi connectivity index (χ2n) is 5.88. The molecule has 28 heavy (non-hydrogen) atoms. The molecule has 0 saturated carbocycles. The van der Waals surface area contributed by atoms with E-state index in [1.54, 1.807) is 24.3 Å². The molecule has 1 aromatic carbocycles. The average Bonchev–Trinajstić information content (AvgIpc) is 3.07. The Labute approximate surface area is 158 Å². The summed E-state index contributed by atoms with van der Waals surface area (Å²) in [6, 6.07) is 9.11. The summed E-state index contributed by atoms with van der Waals surface area (Å²) in [5, 5.41) is 2.62. The number of hydrogen-bond acceptors (Lipinski definition) is 4. The Hall–Kier alpha value is -3.23. The molecule has 0 aliphatic heterocycles. The van der Waals surface area contributed by atoms with E-state index in [1.807, 2.05) is 6.92 Å². The van der Waals surface area contributed by atoms with Gasteiger partial charge in [-0.25, -0.2) is 4.98 Å². The van der Waals surface area contributed by atoms with E-state index in [2.05, 4.69) is 10.3 Å². The number of nitrogens with one attached hydrogen (secondary N) is 1. The van der Waals surface area contributed by atoms with Gasteiger partial charge in [-0.2, -0.15) is 13.2 Å². The van der Waals surface area contributed by atoms with Crippen LogP contribution in [0.4, 0.5) is 13.2 Å². The first-order chi connectivity index (χ1) is 13.3. The van der Waals surface area contributed by atoms with Crippen LogP contribution in [0.15, 0.2) is 48.8 Å². The van der Waals surface area contributed by atoms with Crippen molar-refractivity contribution in [1.29, 1.82) is 0 Å². The second-order valence-corrected chi connectivity index (χ2v) is 5.88. The minimum Gasteiger partial charge on any atom is -0.494 e. The van der Waals surface area contributed by atoms with E-state index < -0.39 is 11.7 Å². The van der Waals surface area contributed by atoms with Crippen LogP contribution in [-0.2, 0) is 17.5 Å². The minimum absolute atomic E-state index is 0.0779. The molecule has 3 aromatic rings. The fourth-order valence-corrected chi connectivity index (χ4v) is 2.49. The molecule has 0 bridgehead atoms. The second kappa shape index (κ2) is 8.20. The van der Waals surface area contributed by atoms with Gasteiger partial charge in [-0.05, 0) is 43.3 Å². The first-order valence-electron chi connectivity index (χ1n) is 8.52. The van der Waals surface area contributed by atoms with E-state index in [9.17, 15) is 18.0 Å². The maximum Gasteiger partial charge on any atom is 0.417 e. The Morgan fingerprint density at radius 2 is 1.75 bits per heavy atom. The maximum absolute atomic E-state index is 12.8. The molecule has 0 aliphatic rings. The number of halogens is 3. The van der Waals surface area contributed by atoms with Crippen LogP contribution in [0.5, 0.6) is 11.5 Å². The van der Waals surface area contributed by atoms with Gasteiger partial charge in [-0.1, -0.05) is 0 Å². The minimum atomic E-state index is -4.43. The third-order valence-electron chi connectivity index (χ3n) is 3.80. The van der Waals surface area contributed by atoms with Crippen molar-refractivity contribution in [2.24, 2.45) is 0 Å². The molecule has 9 heteroatoms.